The topological polar surface area (TPSA) is 65.4 Å². The summed E-state index contributed by atoms with van der Waals surface area (Å²) in [7, 11) is 3.06. The molecule has 6 nitrogen and oxygen atoms in total. The van der Waals surface area contributed by atoms with Gasteiger partial charge < -0.3 is 14.8 Å². The molecule has 2 aromatic carbocycles. The highest BCUT2D eigenvalue weighted by molar-refractivity contribution is 6.42. The summed E-state index contributed by atoms with van der Waals surface area (Å²) in [6.45, 7) is 0.369. The van der Waals surface area contributed by atoms with E-state index in [1.165, 1.54) is 14.2 Å². The van der Waals surface area contributed by atoms with Crippen LogP contribution in [0.4, 0.5) is 5.82 Å². The predicted molar refractivity (Wildman–Crippen MR) is 105 cm³/mol. The van der Waals surface area contributed by atoms with Gasteiger partial charge in [-0.05, 0) is 29.8 Å². The fourth-order valence-corrected chi connectivity index (χ4v) is 2.94. The second-order valence-corrected chi connectivity index (χ2v) is 6.40. The number of rotatable bonds is 6. The minimum atomic E-state index is -0.296. The Balaban J connectivity index is 1.80. The largest absolute Gasteiger partial charge is 0.493 e. The molecule has 0 unspecified atom stereocenters. The Morgan fingerprint density at radius 3 is 2.63 bits per heavy atom. The molecule has 0 fully saturated rings. The molecule has 27 heavy (non-hydrogen) atoms. The Bertz CT molecular complexity index is 973. The van der Waals surface area contributed by atoms with E-state index in [0.29, 0.717) is 39.5 Å². The normalized spacial score (nSPS) is 10.5. The third-order valence-electron chi connectivity index (χ3n) is 3.96. The van der Waals surface area contributed by atoms with Crippen LogP contribution in [0.3, 0.4) is 0 Å². The molecular weight excluding hydrogens is 389 g/mol. The molecule has 0 atom stereocenters. The Hall–Kier alpha value is -2.70. The van der Waals surface area contributed by atoms with Crippen molar-refractivity contribution in [3.63, 3.8) is 0 Å². The minimum Gasteiger partial charge on any atom is -0.493 e. The number of halogens is 2. The van der Waals surface area contributed by atoms with Gasteiger partial charge in [-0.15, -0.1) is 0 Å². The monoisotopic (exact) mass is 405 g/mol. The van der Waals surface area contributed by atoms with Gasteiger partial charge in [-0.25, -0.2) is 4.68 Å². The Kier molecular flexibility index (Phi) is 5.88. The molecule has 0 bridgehead atoms. The average Bonchev–Trinajstić information content (AvgIpc) is 3.11. The summed E-state index contributed by atoms with van der Waals surface area (Å²) in [5, 5.41) is 8.02. The number of aromatic nitrogens is 2. The zero-order valence-corrected chi connectivity index (χ0v) is 16.2. The van der Waals surface area contributed by atoms with Gasteiger partial charge in [-0.2, -0.15) is 5.10 Å². The number of carbonyl (C=O) groups excluding carboxylic acids is 1. The van der Waals surface area contributed by atoms with Crippen molar-refractivity contribution in [2.75, 3.05) is 19.5 Å². The van der Waals surface area contributed by atoms with Gasteiger partial charge in [0.15, 0.2) is 11.5 Å². The number of benzene rings is 2. The standard InChI is InChI=1S/C19H17Cl2N3O3/c1-26-15-7-6-12(10-16(15)27-2)19(25)23-17-8-9-22-24(17)11-13-4-3-5-14(20)18(13)21/h3-10H,11H2,1-2H3,(H,23,25). The van der Waals surface area contributed by atoms with Crippen LogP contribution >= 0.6 is 23.2 Å². The average molecular weight is 406 g/mol. The number of amides is 1. The summed E-state index contributed by atoms with van der Waals surface area (Å²) in [6, 6.07) is 12.0. The van der Waals surface area contributed by atoms with E-state index in [-0.39, 0.29) is 5.91 Å². The van der Waals surface area contributed by atoms with Gasteiger partial charge in [0.1, 0.15) is 5.82 Å². The van der Waals surface area contributed by atoms with E-state index in [4.69, 9.17) is 32.7 Å². The van der Waals surface area contributed by atoms with Gasteiger partial charge in [-0.1, -0.05) is 35.3 Å². The fourth-order valence-electron chi connectivity index (χ4n) is 2.56. The van der Waals surface area contributed by atoms with E-state index in [0.717, 1.165) is 5.56 Å². The number of methoxy groups -OCH3 is 2. The summed E-state index contributed by atoms with van der Waals surface area (Å²) < 4.78 is 12.1. The van der Waals surface area contributed by atoms with Crippen LogP contribution in [0.15, 0.2) is 48.7 Å². The fraction of sp³-hybridized carbons (Fsp3) is 0.158. The lowest BCUT2D eigenvalue weighted by atomic mass is 10.2. The lowest BCUT2D eigenvalue weighted by Crippen LogP contribution is -2.16. The molecule has 1 aromatic heterocycles. The molecule has 8 heteroatoms. The molecule has 3 rings (SSSR count). The van der Waals surface area contributed by atoms with Crippen molar-refractivity contribution in [1.82, 2.24) is 9.78 Å². The number of ether oxygens (including phenoxy) is 2. The molecule has 3 aromatic rings. The summed E-state index contributed by atoms with van der Waals surface area (Å²) in [4.78, 5) is 12.6. The van der Waals surface area contributed by atoms with E-state index in [1.54, 1.807) is 41.2 Å². The number of hydrogen-bond donors (Lipinski definition) is 1. The van der Waals surface area contributed by atoms with Crippen molar-refractivity contribution in [3.8, 4) is 11.5 Å². The first kappa shape index (κ1) is 19.1. The van der Waals surface area contributed by atoms with Gasteiger partial charge in [-0.3, -0.25) is 4.79 Å². The van der Waals surface area contributed by atoms with E-state index in [9.17, 15) is 4.79 Å². The third-order valence-corrected chi connectivity index (χ3v) is 4.81. The Morgan fingerprint density at radius 1 is 1.11 bits per heavy atom. The van der Waals surface area contributed by atoms with Gasteiger partial charge in [0.05, 0.1) is 37.0 Å². The predicted octanol–water partition coefficient (Wildman–Crippen LogP) is 4.51. The lowest BCUT2D eigenvalue weighted by Gasteiger charge is -2.12. The summed E-state index contributed by atoms with van der Waals surface area (Å²) in [5.74, 6) is 1.26. The van der Waals surface area contributed by atoms with Crippen LogP contribution in [0.2, 0.25) is 10.0 Å². The van der Waals surface area contributed by atoms with Gasteiger partial charge >= 0.3 is 0 Å². The first-order valence-electron chi connectivity index (χ1n) is 8.01. The molecule has 0 aliphatic heterocycles. The highest BCUT2D eigenvalue weighted by Gasteiger charge is 2.14. The van der Waals surface area contributed by atoms with Crippen LogP contribution in [0.1, 0.15) is 15.9 Å². The van der Waals surface area contributed by atoms with E-state index < -0.39 is 0 Å². The maximum Gasteiger partial charge on any atom is 0.256 e. The van der Waals surface area contributed by atoms with Crippen molar-refractivity contribution < 1.29 is 14.3 Å². The zero-order valence-electron chi connectivity index (χ0n) is 14.7. The van der Waals surface area contributed by atoms with Crippen molar-refractivity contribution in [2.24, 2.45) is 0 Å². The molecule has 0 aliphatic rings. The minimum absolute atomic E-state index is 0.296. The number of carbonyl (C=O) groups is 1. The Morgan fingerprint density at radius 2 is 1.89 bits per heavy atom. The lowest BCUT2D eigenvalue weighted by molar-refractivity contribution is 0.102. The van der Waals surface area contributed by atoms with E-state index in [1.807, 2.05) is 12.1 Å². The molecule has 0 saturated carbocycles. The number of nitrogens with one attached hydrogen (secondary N) is 1. The highest BCUT2D eigenvalue weighted by Crippen LogP contribution is 2.28. The molecule has 1 amide bonds. The molecule has 0 radical (unpaired) electrons. The highest BCUT2D eigenvalue weighted by atomic mass is 35.5. The maximum absolute atomic E-state index is 12.6. The molecule has 1 heterocycles. The van der Waals surface area contributed by atoms with E-state index in [2.05, 4.69) is 10.4 Å². The van der Waals surface area contributed by atoms with Crippen LogP contribution in [0, 0.1) is 0 Å². The first-order valence-corrected chi connectivity index (χ1v) is 8.77. The molecule has 0 aliphatic carbocycles. The van der Waals surface area contributed by atoms with Crippen LogP contribution in [0.25, 0.3) is 0 Å². The van der Waals surface area contributed by atoms with Crippen LogP contribution in [0.5, 0.6) is 11.5 Å². The molecule has 1 N–H and O–H groups in total. The maximum atomic E-state index is 12.6. The number of anilines is 1. The van der Waals surface area contributed by atoms with Crippen molar-refractivity contribution in [1.29, 1.82) is 0 Å². The summed E-state index contributed by atoms with van der Waals surface area (Å²) in [5.41, 5.74) is 1.23. The third kappa shape index (κ3) is 4.18. The SMILES string of the molecule is COc1ccc(C(=O)Nc2ccnn2Cc2cccc(Cl)c2Cl)cc1OC. The van der Waals surface area contributed by atoms with Crippen LogP contribution in [-0.2, 0) is 6.54 Å². The van der Waals surface area contributed by atoms with Crippen molar-refractivity contribution in [3.05, 3.63) is 69.8 Å². The van der Waals surface area contributed by atoms with E-state index >= 15 is 0 Å². The van der Waals surface area contributed by atoms with Crippen molar-refractivity contribution in [2.45, 2.75) is 6.54 Å². The quantitative estimate of drug-likeness (QED) is 0.655. The summed E-state index contributed by atoms with van der Waals surface area (Å²) in [6.07, 6.45) is 1.60. The van der Waals surface area contributed by atoms with Crippen molar-refractivity contribution >= 4 is 34.9 Å². The van der Waals surface area contributed by atoms with Gasteiger partial charge in [0.25, 0.3) is 5.91 Å². The molecule has 0 saturated heterocycles. The molecular formula is C19H17Cl2N3O3. The smallest absolute Gasteiger partial charge is 0.256 e. The number of hydrogen-bond acceptors (Lipinski definition) is 4. The second-order valence-electron chi connectivity index (χ2n) is 5.61. The number of nitrogens with zero attached hydrogens (tertiary/aromatic N) is 2. The molecule has 140 valence electrons. The van der Waals surface area contributed by atoms with Gasteiger partial charge in [0, 0.05) is 11.6 Å². The summed E-state index contributed by atoms with van der Waals surface area (Å²) >= 11 is 12.3. The first-order chi connectivity index (χ1) is 13.0. The van der Waals surface area contributed by atoms with Gasteiger partial charge in [0.2, 0.25) is 0 Å². The Labute approximate surface area is 166 Å². The second kappa shape index (κ2) is 8.33. The zero-order chi connectivity index (χ0) is 19.4. The van der Waals surface area contributed by atoms with Crippen LogP contribution < -0.4 is 14.8 Å². The molecule has 0 spiro atoms. The van der Waals surface area contributed by atoms with Crippen LogP contribution in [-0.4, -0.2) is 29.9 Å².